The number of benzene rings is 2. The summed E-state index contributed by atoms with van der Waals surface area (Å²) in [7, 11) is 0. The van der Waals surface area contributed by atoms with Gasteiger partial charge in [0.2, 0.25) is 0 Å². The van der Waals surface area contributed by atoms with Crippen LogP contribution < -0.4 is 10.7 Å². The van der Waals surface area contributed by atoms with Crippen LogP contribution in [0.15, 0.2) is 55.1 Å². The number of nitro groups is 2. The van der Waals surface area contributed by atoms with Crippen LogP contribution in [-0.2, 0) is 0 Å². The van der Waals surface area contributed by atoms with Gasteiger partial charge in [-0.2, -0.15) is 0 Å². The van der Waals surface area contributed by atoms with Crippen molar-refractivity contribution < 1.29 is 19.4 Å². The van der Waals surface area contributed by atoms with Crippen LogP contribution in [0.5, 0.6) is 0 Å². The largest absolute Gasteiger partial charge is 0.321 e. The fraction of sp³-hybridized carbons (Fsp3) is 0. The lowest BCUT2D eigenvalue weighted by Gasteiger charge is -2.11. The zero-order valence-electron chi connectivity index (χ0n) is 14.4. The highest BCUT2D eigenvalue weighted by atomic mass is 16.6. The minimum absolute atomic E-state index is 0.0782. The Morgan fingerprint density at radius 1 is 0.897 bits per heavy atom. The third-order valence-corrected chi connectivity index (χ3v) is 3.66. The number of nitro benzene ring substituents is 2. The maximum Gasteiger partial charge on any atom is 0.277 e. The lowest BCUT2D eigenvalue weighted by molar-refractivity contribution is -0.394. The first-order chi connectivity index (χ1) is 13.8. The van der Waals surface area contributed by atoms with Gasteiger partial charge in [0.1, 0.15) is 12.7 Å². The molecule has 2 N–H and O–H groups in total. The van der Waals surface area contributed by atoms with Gasteiger partial charge < -0.3 is 5.32 Å². The van der Waals surface area contributed by atoms with Gasteiger partial charge in [0.05, 0.1) is 32.7 Å². The maximum atomic E-state index is 12.5. The Morgan fingerprint density at radius 2 is 1.48 bits per heavy atom. The molecule has 0 spiro atoms. The molecule has 2 amide bonds. The number of carbonyl (C=O) groups excluding carboxylic acids is 2. The molecular formula is C16H11N7O6. The maximum absolute atomic E-state index is 12.5. The number of nitrogens with one attached hydrogen (secondary N) is 2. The Morgan fingerprint density at radius 3 is 2.07 bits per heavy atom. The van der Waals surface area contributed by atoms with Gasteiger partial charge in [-0.15, -0.1) is 10.2 Å². The van der Waals surface area contributed by atoms with E-state index in [-0.39, 0.29) is 16.8 Å². The third kappa shape index (κ3) is 4.36. The fourth-order valence-corrected chi connectivity index (χ4v) is 2.36. The first kappa shape index (κ1) is 19.1. The Kier molecular flexibility index (Phi) is 5.21. The van der Waals surface area contributed by atoms with Gasteiger partial charge in [-0.05, 0) is 12.1 Å². The van der Waals surface area contributed by atoms with Gasteiger partial charge >= 0.3 is 0 Å². The van der Waals surface area contributed by atoms with Crippen LogP contribution in [0.1, 0.15) is 20.7 Å². The van der Waals surface area contributed by atoms with E-state index >= 15 is 0 Å². The first-order valence-corrected chi connectivity index (χ1v) is 7.85. The number of carbonyl (C=O) groups is 2. The van der Waals surface area contributed by atoms with E-state index in [1.807, 2.05) is 0 Å². The molecule has 0 aliphatic carbocycles. The van der Waals surface area contributed by atoms with Crippen LogP contribution in [0.4, 0.5) is 17.1 Å². The SMILES string of the molecule is O=C(Nc1ccccc1C(=O)Nn1cnnc1)c1cc([N+](=O)[O-])cc([N+](=O)[O-])c1. The Balaban J connectivity index is 1.89. The molecule has 13 nitrogen and oxygen atoms in total. The average molecular weight is 397 g/mol. The van der Waals surface area contributed by atoms with Crippen LogP contribution in [0.25, 0.3) is 0 Å². The summed E-state index contributed by atoms with van der Waals surface area (Å²) < 4.78 is 1.20. The monoisotopic (exact) mass is 397 g/mol. The smallest absolute Gasteiger partial charge is 0.277 e. The number of para-hydroxylation sites is 1. The minimum atomic E-state index is -0.860. The Hall–Kier alpha value is -4.68. The number of anilines is 1. The number of amides is 2. The molecule has 146 valence electrons. The zero-order valence-corrected chi connectivity index (χ0v) is 14.4. The number of aromatic nitrogens is 3. The normalized spacial score (nSPS) is 10.2. The molecule has 0 aliphatic heterocycles. The van der Waals surface area contributed by atoms with Crippen LogP contribution in [0.3, 0.4) is 0 Å². The molecule has 13 heteroatoms. The second-order valence-electron chi connectivity index (χ2n) is 5.56. The van der Waals surface area contributed by atoms with Crippen molar-refractivity contribution in [2.24, 2.45) is 0 Å². The Bertz CT molecular complexity index is 1080. The zero-order chi connectivity index (χ0) is 21.0. The molecular weight excluding hydrogens is 386 g/mol. The number of nitrogens with zero attached hydrogens (tertiary/aromatic N) is 5. The highest BCUT2D eigenvalue weighted by molar-refractivity contribution is 6.11. The molecule has 0 fully saturated rings. The summed E-state index contributed by atoms with van der Waals surface area (Å²) in [6.45, 7) is 0. The van der Waals surface area contributed by atoms with Gasteiger partial charge in [0, 0.05) is 12.1 Å². The quantitative estimate of drug-likeness (QED) is 0.467. The second kappa shape index (κ2) is 7.91. The average Bonchev–Trinajstić information content (AvgIpc) is 3.20. The summed E-state index contributed by atoms with van der Waals surface area (Å²) in [5.41, 5.74) is 1.11. The summed E-state index contributed by atoms with van der Waals surface area (Å²) in [4.78, 5) is 45.3. The minimum Gasteiger partial charge on any atom is -0.321 e. The second-order valence-corrected chi connectivity index (χ2v) is 5.56. The molecule has 3 rings (SSSR count). The van der Waals surface area contributed by atoms with Crippen molar-refractivity contribution in [1.82, 2.24) is 14.9 Å². The molecule has 0 atom stereocenters. The van der Waals surface area contributed by atoms with E-state index in [4.69, 9.17) is 0 Å². The highest BCUT2D eigenvalue weighted by Gasteiger charge is 2.21. The van der Waals surface area contributed by atoms with Crippen LogP contribution in [-0.4, -0.2) is 36.5 Å². The third-order valence-electron chi connectivity index (χ3n) is 3.66. The van der Waals surface area contributed by atoms with Crippen molar-refractivity contribution in [3.8, 4) is 0 Å². The highest BCUT2D eigenvalue weighted by Crippen LogP contribution is 2.24. The van der Waals surface area contributed by atoms with Gasteiger partial charge in [-0.3, -0.25) is 35.2 Å². The van der Waals surface area contributed by atoms with Gasteiger partial charge in [-0.25, -0.2) is 4.68 Å². The topological polar surface area (TPSA) is 175 Å². The van der Waals surface area contributed by atoms with E-state index in [9.17, 15) is 29.8 Å². The van der Waals surface area contributed by atoms with Crippen molar-refractivity contribution in [2.75, 3.05) is 10.7 Å². The lowest BCUT2D eigenvalue weighted by atomic mass is 10.1. The molecule has 0 bridgehead atoms. The first-order valence-electron chi connectivity index (χ1n) is 7.85. The van der Waals surface area contributed by atoms with Crippen molar-refractivity contribution in [1.29, 1.82) is 0 Å². The number of hydrogen-bond donors (Lipinski definition) is 2. The van der Waals surface area contributed by atoms with E-state index in [0.717, 1.165) is 18.2 Å². The fourth-order valence-electron chi connectivity index (χ4n) is 2.36. The van der Waals surface area contributed by atoms with E-state index in [1.54, 1.807) is 12.1 Å². The Labute approximate surface area is 161 Å². The summed E-state index contributed by atoms with van der Waals surface area (Å²) >= 11 is 0. The molecule has 0 aliphatic rings. The van der Waals surface area contributed by atoms with Gasteiger partial charge in [0.25, 0.3) is 23.2 Å². The van der Waals surface area contributed by atoms with Gasteiger partial charge in [-0.1, -0.05) is 12.1 Å². The van der Waals surface area contributed by atoms with E-state index < -0.39 is 33.0 Å². The number of non-ortho nitro benzene ring substituents is 2. The molecule has 0 unspecified atom stereocenters. The molecule has 0 saturated carbocycles. The number of rotatable bonds is 6. The molecule has 3 aromatic rings. The predicted molar refractivity (Wildman–Crippen MR) is 97.9 cm³/mol. The summed E-state index contributed by atoms with van der Waals surface area (Å²) in [6.07, 6.45) is 2.50. The van der Waals surface area contributed by atoms with Crippen molar-refractivity contribution in [3.63, 3.8) is 0 Å². The standard InChI is InChI=1S/C16H11N7O6/c24-15(10-5-11(22(26)27)7-12(6-10)23(28)29)19-14-4-2-1-3-13(14)16(25)20-21-8-17-18-9-21/h1-9H,(H,19,24)(H,20,25). The van der Waals surface area contributed by atoms with E-state index in [1.165, 1.54) is 29.5 Å². The van der Waals surface area contributed by atoms with Crippen LogP contribution >= 0.6 is 0 Å². The van der Waals surface area contributed by atoms with E-state index in [0.29, 0.717) is 0 Å². The van der Waals surface area contributed by atoms with Gasteiger partial charge in [0.15, 0.2) is 0 Å². The predicted octanol–water partition coefficient (Wildman–Crippen LogP) is 1.73. The number of hydrogen-bond acceptors (Lipinski definition) is 8. The lowest BCUT2D eigenvalue weighted by Crippen LogP contribution is -2.23. The molecule has 2 aromatic carbocycles. The van der Waals surface area contributed by atoms with Crippen molar-refractivity contribution in [3.05, 3.63) is 86.5 Å². The van der Waals surface area contributed by atoms with Crippen molar-refractivity contribution >= 4 is 28.9 Å². The van der Waals surface area contributed by atoms with Crippen LogP contribution in [0.2, 0.25) is 0 Å². The molecule has 29 heavy (non-hydrogen) atoms. The summed E-state index contributed by atoms with van der Waals surface area (Å²) in [5, 5.41) is 31.5. The van der Waals surface area contributed by atoms with Crippen molar-refractivity contribution in [2.45, 2.75) is 0 Å². The molecule has 1 heterocycles. The summed E-state index contributed by atoms with van der Waals surface area (Å²) in [6, 6.07) is 8.55. The molecule has 0 radical (unpaired) electrons. The molecule has 1 aromatic heterocycles. The van der Waals surface area contributed by atoms with Crippen LogP contribution in [0, 0.1) is 20.2 Å². The van der Waals surface area contributed by atoms with E-state index in [2.05, 4.69) is 20.9 Å². The molecule has 0 saturated heterocycles. The summed E-state index contributed by atoms with van der Waals surface area (Å²) in [5.74, 6) is -1.45.